The summed E-state index contributed by atoms with van der Waals surface area (Å²) in [6, 6.07) is 54.1. The summed E-state index contributed by atoms with van der Waals surface area (Å²) < 4.78 is 0. The Morgan fingerprint density at radius 1 is 0.359 bits per heavy atom. The molecule has 406 valence electrons. The van der Waals surface area contributed by atoms with Gasteiger partial charge in [-0.3, -0.25) is 28.8 Å². The molecule has 2 aliphatic rings. The van der Waals surface area contributed by atoms with Crippen molar-refractivity contribution in [1.82, 2.24) is 21.3 Å². The Morgan fingerprint density at radius 2 is 0.641 bits per heavy atom. The summed E-state index contributed by atoms with van der Waals surface area (Å²) in [6.45, 7) is 0. The maximum absolute atomic E-state index is 14.0. The quantitative estimate of drug-likeness (QED) is 0.0298. The summed E-state index contributed by atoms with van der Waals surface area (Å²) in [5, 5.41) is 12.7. The minimum atomic E-state index is -0.732. The van der Waals surface area contributed by atoms with Crippen molar-refractivity contribution < 1.29 is 28.8 Å². The third-order valence-corrected chi connectivity index (χ3v) is 16.0. The number of Topliss-reactive ketones (excluding diaryl/α,β-unsaturated/α-hetero) is 2. The average molecular weight is 1050 g/mol. The van der Waals surface area contributed by atoms with Gasteiger partial charge in [0.25, 0.3) is 11.8 Å². The molecule has 0 heterocycles. The molecule has 10 nitrogen and oxygen atoms in total. The van der Waals surface area contributed by atoms with Crippen LogP contribution in [-0.2, 0) is 44.9 Å². The number of aryl methyl sites for hydroxylation is 4. The number of carbonyl (C=O) groups is 6. The predicted octanol–water partition coefficient (Wildman–Crippen LogP) is 12.1. The Morgan fingerprint density at radius 3 is 0.936 bits per heavy atom. The van der Waals surface area contributed by atoms with E-state index in [0.717, 1.165) is 114 Å². The maximum Gasteiger partial charge on any atom is 0.292 e. The van der Waals surface area contributed by atoms with Gasteiger partial charge in [0, 0.05) is 35.3 Å². The Kier molecular flexibility index (Phi) is 21.7. The molecule has 10 heteroatoms. The average Bonchev–Trinajstić information content (AvgIpc) is 3.49. The van der Waals surface area contributed by atoms with Crippen LogP contribution in [-0.4, -0.2) is 59.4 Å². The fourth-order valence-electron chi connectivity index (χ4n) is 11.6. The molecule has 2 aliphatic carbocycles. The molecule has 6 aromatic rings. The van der Waals surface area contributed by atoms with Gasteiger partial charge < -0.3 is 21.3 Å². The maximum atomic E-state index is 14.0. The zero-order valence-electron chi connectivity index (χ0n) is 45.2. The van der Waals surface area contributed by atoms with E-state index in [-0.39, 0.29) is 35.0 Å². The van der Waals surface area contributed by atoms with Gasteiger partial charge in [-0.05, 0) is 136 Å². The number of ketones is 2. The Balaban J connectivity index is 0.820. The first kappa shape index (κ1) is 56.7. The lowest BCUT2D eigenvalue weighted by Crippen LogP contribution is -2.51. The highest BCUT2D eigenvalue weighted by molar-refractivity contribution is 6.43. The lowest BCUT2D eigenvalue weighted by atomic mass is 9.83. The Hall–Kier alpha value is -7.46. The van der Waals surface area contributed by atoms with Gasteiger partial charge >= 0.3 is 0 Å². The molecular weight excluding hydrogens is 969 g/mol. The fraction of sp³-hybridized carbons (Fsp3) is 0.382. The summed E-state index contributed by atoms with van der Waals surface area (Å²) in [7, 11) is 0. The molecule has 8 rings (SSSR count). The van der Waals surface area contributed by atoms with Gasteiger partial charge in [0.2, 0.25) is 23.4 Å². The molecule has 4 amide bonds. The first-order valence-corrected chi connectivity index (χ1v) is 28.8. The van der Waals surface area contributed by atoms with E-state index in [2.05, 4.69) is 118 Å². The normalized spacial score (nSPS) is 17.2. The number of carbonyl (C=O) groups excluding carboxylic acids is 6. The van der Waals surface area contributed by atoms with Crippen LogP contribution in [0.4, 0.5) is 0 Å². The fourth-order valence-corrected chi connectivity index (χ4v) is 11.6. The summed E-state index contributed by atoms with van der Waals surface area (Å²) in [6.07, 6.45) is 16.9. The van der Waals surface area contributed by atoms with Gasteiger partial charge in [0.1, 0.15) is 0 Å². The minimum absolute atomic E-state index is 0.000787. The third kappa shape index (κ3) is 17.3. The van der Waals surface area contributed by atoms with Gasteiger partial charge in [-0.15, -0.1) is 0 Å². The zero-order valence-corrected chi connectivity index (χ0v) is 45.2. The second-order valence-corrected chi connectivity index (χ2v) is 21.7. The molecule has 2 unspecified atom stereocenters. The topological polar surface area (TPSA) is 151 Å². The van der Waals surface area contributed by atoms with Gasteiger partial charge in [-0.2, -0.15) is 0 Å². The second-order valence-electron chi connectivity index (χ2n) is 21.7. The molecular formula is C68H78N4O6. The first-order valence-electron chi connectivity index (χ1n) is 28.8. The van der Waals surface area contributed by atoms with E-state index in [1.165, 1.54) is 22.3 Å². The Labute approximate surface area is 462 Å². The molecule has 0 bridgehead atoms. The Bertz CT molecular complexity index is 2550. The summed E-state index contributed by atoms with van der Waals surface area (Å²) in [5.41, 5.74) is 7.08. The summed E-state index contributed by atoms with van der Waals surface area (Å²) >= 11 is 0. The van der Waals surface area contributed by atoms with E-state index < -0.39 is 47.3 Å². The third-order valence-electron chi connectivity index (χ3n) is 16.0. The molecule has 0 spiro atoms. The van der Waals surface area contributed by atoms with Crippen LogP contribution >= 0.6 is 0 Å². The number of hydrogen-bond acceptors (Lipinski definition) is 6. The molecule has 2 fully saturated rings. The van der Waals surface area contributed by atoms with E-state index in [4.69, 9.17) is 0 Å². The highest BCUT2D eigenvalue weighted by atomic mass is 16.2. The number of nitrogens with one attached hydrogen (secondary N) is 4. The van der Waals surface area contributed by atoms with Gasteiger partial charge in [-0.25, -0.2) is 0 Å². The smallest absolute Gasteiger partial charge is 0.292 e. The molecule has 6 aromatic carbocycles. The van der Waals surface area contributed by atoms with Crippen LogP contribution in [0.1, 0.15) is 146 Å². The molecule has 0 radical (unpaired) electrons. The van der Waals surface area contributed by atoms with Gasteiger partial charge in [0.15, 0.2) is 0 Å². The SMILES string of the molecule is O=C(NC1CCCC[C@H]1C(=O)NC(CCCc1ccccc1)CCCc1ccccc1)C(=O)c1ccc(-c2ccc(C(=O)C(=O)NC3CCCC[C@H]3C(=O)NC(CCCc3ccccc3)CCCc3ccccc3)cc2)cc1. The standard InChI is InChI=1S/C68H78N4O6/c73-63(67(77)71-61-39-15-13-37-59(61)65(75)69-57(33-17-29-49-21-5-1-6-22-49)34-18-30-50-23-7-2-8-24-50)55-45-41-53(42-46-55)54-43-47-56(48-44-54)64(74)68(78)72-62-40-16-14-38-60(62)66(76)70-58(35-19-31-51-25-9-3-10-26-51)36-20-32-52-27-11-4-12-28-52/h1-12,21-28,41-48,57-62H,13-20,29-40H2,(H,69,75)(H,70,76)(H,71,77)(H,72,78)/t59-,60-,61?,62?/m1/s1. The molecule has 2 saturated carbocycles. The first-order chi connectivity index (χ1) is 38.2. The highest BCUT2D eigenvalue weighted by Gasteiger charge is 2.36. The summed E-state index contributed by atoms with van der Waals surface area (Å²) in [4.78, 5) is 82.3. The van der Waals surface area contributed by atoms with Crippen molar-refractivity contribution in [2.45, 2.75) is 153 Å². The molecule has 0 aromatic heterocycles. The van der Waals surface area contributed by atoms with Crippen molar-refractivity contribution in [3.05, 3.63) is 203 Å². The van der Waals surface area contributed by atoms with Crippen molar-refractivity contribution in [3.63, 3.8) is 0 Å². The largest absolute Gasteiger partial charge is 0.353 e. The number of amides is 4. The van der Waals surface area contributed by atoms with Crippen LogP contribution in [0.2, 0.25) is 0 Å². The second kappa shape index (κ2) is 29.9. The lowest BCUT2D eigenvalue weighted by Gasteiger charge is -2.32. The van der Waals surface area contributed by atoms with E-state index in [0.29, 0.717) is 25.7 Å². The van der Waals surface area contributed by atoms with E-state index in [9.17, 15) is 28.8 Å². The number of rotatable bonds is 27. The number of hydrogen-bond donors (Lipinski definition) is 4. The van der Waals surface area contributed by atoms with E-state index in [1.807, 2.05) is 24.3 Å². The van der Waals surface area contributed by atoms with Crippen LogP contribution < -0.4 is 21.3 Å². The zero-order chi connectivity index (χ0) is 54.3. The van der Waals surface area contributed by atoms with Crippen LogP contribution in [0.3, 0.4) is 0 Å². The molecule has 0 aliphatic heterocycles. The molecule has 78 heavy (non-hydrogen) atoms. The van der Waals surface area contributed by atoms with E-state index >= 15 is 0 Å². The van der Waals surface area contributed by atoms with Gasteiger partial charge in [-0.1, -0.05) is 196 Å². The molecule has 4 N–H and O–H groups in total. The number of benzene rings is 6. The van der Waals surface area contributed by atoms with Crippen LogP contribution in [0.15, 0.2) is 170 Å². The van der Waals surface area contributed by atoms with E-state index in [1.54, 1.807) is 48.5 Å². The lowest BCUT2D eigenvalue weighted by molar-refractivity contribution is -0.129. The van der Waals surface area contributed by atoms with Crippen molar-refractivity contribution in [2.75, 3.05) is 0 Å². The van der Waals surface area contributed by atoms with Crippen molar-refractivity contribution in [2.24, 2.45) is 11.8 Å². The van der Waals surface area contributed by atoms with Gasteiger partial charge in [0.05, 0.1) is 11.8 Å². The van der Waals surface area contributed by atoms with Crippen LogP contribution in [0.25, 0.3) is 11.1 Å². The minimum Gasteiger partial charge on any atom is -0.353 e. The van der Waals surface area contributed by atoms with Crippen molar-refractivity contribution in [3.8, 4) is 11.1 Å². The van der Waals surface area contributed by atoms with Crippen LogP contribution in [0, 0.1) is 11.8 Å². The molecule has 4 atom stereocenters. The molecule has 0 saturated heterocycles. The van der Waals surface area contributed by atoms with Crippen LogP contribution in [0.5, 0.6) is 0 Å². The monoisotopic (exact) mass is 1050 g/mol. The highest BCUT2D eigenvalue weighted by Crippen LogP contribution is 2.28. The summed E-state index contributed by atoms with van der Waals surface area (Å²) in [5.74, 6) is -3.80. The van der Waals surface area contributed by atoms with Crippen molar-refractivity contribution >= 4 is 35.2 Å². The van der Waals surface area contributed by atoms with Crippen molar-refractivity contribution in [1.29, 1.82) is 0 Å². The predicted molar refractivity (Wildman–Crippen MR) is 310 cm³/mol.